The Kier molecular flexibility index (Phi) is 5.50. The van der Waals surface area contributed by atoms with E-state index in [4.69, 9.17) is 5.73 Å². The molecule has 3 heterocycles. The van der Waals surface area contributed by atoms with Gasteiger partial charge in [-0.3, -0.25) is 4.68 Å². The number of hydrogen-bond donors (Lipinski definition) is 1. The first-order chi connectivity index (χ1) is 13.3. The summed E-state index contributed by atoms with van der Waals surface area (Å²) in [5.41, 5.74) is 6.91. The molecule has 10 heteroatoms. The Labute approximate surface area is 159 Å². The summed E-state index contributed by atoms with van der Waals surface area (Å²) in [5, 5.41) is 8.21. The van der Waals surface area contributed by atoms with Gasteiger partial charge in [-0.15, -0.1) is 0 Å². The summed E-state index contributed by atoms with van der Waals surface area (Å²) in [6.07, 6.45) is 4.69. The number of halogens is 2. The van der Waals surface area contributed by atoms with Crippen molar-refractivity contribution in [3.8, 4) is 16.9 Å². The molecule has 0 atom stereocenters. The van der Waals surface area contributed by atoms with Gasteiger partial charge >= 0.3 is 5.69 Å². The van der Waals surface area contributed by atoms with Gasteiger partial charge in [0.25, 0.3) is 6.08 Å². The molecule has 3 rings (SSSR count). The lowest BCUT2D eigenvalue weighted by Crippen LogP contribution is -2.27. The molecule has 28 heavy (non-hydrogen) atoms. The molecule has 8 nitrogen and oxygen atoms in total. The van der Waals surface area contributed by atoms with Gasteiger partial charge in [0, 0.05) is 41.7 Å². The molecule has 0 bridgehead atoms. The first kappa shape index (κ1) is 19.6. The molecule has 0 saturated carbocycles. The van der Waals surface area contributed by atoms with Crippen LogP contribution >= 0.6 is 0 Å². The monoisotopic (exact) mass is 389 g/mol. The standard InChI is InChI=1S/C18H21F2N7O/c1-11(2)26-9-15(7-23-26)13-4-12(3)17(22-6-13)25-10-24-27(18(25)28)8-14(5-21)16(19)20/h4,6-7,9-11H,5,8,21H2,1-3H3. The minimum Gasteiger partial charge on any atom is -0.327 e. The first-order valence-corrected chi connectivity index (χ1v) is 8.71. The van der Waals surface area contributed by atoms with Crippen LogP contribution in [0.4, 0.5) is 8.78 Å². The van der Waals surface area contributed by atoms with Crippen LogP contribution in [-0.4, -0.2) is 35.7 Å². The Bertz CT molecular complexity index is 1070. The molecule has 3 aromatic heterocycles. The van der Waals surface area contributed by atoms with E-state index in [-0.39, 0.29) is 24.7 Å². The summed E-state index contributed by atoms with van der Waals surface area (Å²) in [7, 11) is 0. The van der Waals surface area contributed by atoms with E-state index in [1.807, 2.05) is 37.7 Å². The third-order valence-corrected chi connectivity index (χ3v) is 4.33. The highest BCUT2D eigenvalue weighted by Gasteiger charge is 2.14. The second kappa shape index (κ2) is 7.85. The summed E-state index contributed by atoms with van der Waals surface area (Å²) in [4.78, 5) is 16.9. The fraction of sp³-hybridized carbons (Fsp3) is 0.333. The van der Waals surface area contributed by atoms with E-state index in [0.29, 0.717) is 5.82 Å². The first-order valence-electron chi connectivity index (χ1n) is 8.71. The molecule has 2 N–H and O–H groups in total. The Balaban J connectivity index is 1.93. The second-order valence-electron chi connectivity index (χ2n) is 6.68. The quantitative estimate of drug-likeness (QED) is 0.698. The largest absolute Gasteiger partial charge is 0.351 e. The summed E-state index contributed by atoms with van der Waals surface area (Å²) >= 11 is 0. The van der Waals surface area contributed by atoms with Crippen molar-refractivity contribution in [2.24, 2.45) is 5.73 Å². The van der Waals surface area contributed by atoms with Crippen molar-refractivity contribution in [3.63, 3.8) is 0 Å². The molecule has 0 radical (unpaired) electrons. The average Bonchev–Trinajstić information content (AvgIpc) is 3.27. The van der Waals surface area contributed by atoms with Gasteiger partial charge in [0.1, 0.15) is 12.1 Å². The maximum Gasteiger partial charge on any atom is 0.351 e. The van der Waals surface area contributed by atoms with Gasteiger partial charge in [-0.05, 0) is 32.4 Å². The Morgan fingerprint density at radius 1 is 1.21 bits per heavy atom. The fourth-order valence-corrected chi connectivity index (χ4v) is 2.72. The molecule has 0 fully saturated rings. The SMILES string of the molecule is Cc1cc(-c2cnn(C(C)C)c2)cnc1-n1cnn(CC(CN)=C(F)F)c1=O. The van der Waals surface area contributed by atoms with Crippen LogP contribution in [-0.2, 0) is 6.54 Å². The molecule has 148 valence electrons. The van der Waals surface area contributed by atoms with Crippen LogP contribution in [0.3, 0.4) is 0 Å². The molecule has 0 aliphatic carbocycles. The van der Waals surface area contributed by atoms with Crippen molar-refractivity contribution in [1.82, 2.24) is 29.1 Å². The predicted octanol–water partition coefficient (Wildman–Crippen LogP) is 2.29. The Morgan fingerprint density at radius 3 is 2.54 bits per heavy atom. The lowest BCUT2D eigenvalue weighted by Gasteiger charge is -2.07. The fourth-order valence-electron chi connectivity index (χ4n) is 2.72. The number of nitrogens with two attached hydrogens (primary N) is 1. The summed E-state index contributed by atoms with van der Waals surface area (Å²) in [6.45, 7) is 5.17. The third-order valence-electron chi connectivity index (χ3n) is 4.33. The van der Waals surface area contributed by atoms with E-state index < -0.39 is 11.8 Å². The van der Waals surface area contributed by atoms with Gasteiger partial charge in [-0.1, -0.05) is 0 Å². The van der Waals surface area contributed by atoms with Crippen molar-refractivity contribution in [2.75, 3.05) is 6.54 Å². The van der Waals surface area contributed by atoms with Crippen LogP contribution in [0.2, 0.25) is 0 Å². The number of rotatable bonds is 6. The van der Waals surface area contributed by atoms with Crippen LogP contribution < -0.4 is 11.4 Å². The smallest absolute Gasteiger partial charge is 0.327 e. The van der Waals surface area contributed by atoms with Crippen LogP contribution in [0.15, 0.2) is 47.4 Å². The molecule has 0 aliphatic heterocycles. The van der Waals surface area contributed by atoms with Crippen LogP contribution in [0.25, 0.3) is 16.9 Å². The number of hydrogen-bond acceptors (Lipinski definition) is 5. The van der Waals surface area contributed by atoms with Crippen molar-refractivity contribution >= 4 is 0 Å². The molecule has 0 saturated heterocycles. The van der Waals surface area contributed by atoms with Crippen molar-refractivity contribution in [1.29, 1.82) is 0 Å². The molecule has 0 aromatic carbocycles. The summed E-state index contributed by atoms with van der Waals surface area (Å²) in [5.74, 6) is 0.384. The second-order valence-corrected chi connectivity index (χ2v) is 6.68. The van der Waals surface area contributed by atoms with Gasteiger partial charge in [0.05, 0.1) is 12.7 Å². The van der Waals surface area contributed by atoms with E-state index in [2.05, 4.69) is 15.2 Å². The van der Waals surface area contributed by atoms with Gasteiger partial charge in [-0.25, -0.2) is 19.0 Å². The highest BCUT2D eigenvalue weighted by Crippen LogP contribution is 2.22. The topological polar surface area (TPSA) is 96.6 Å². The van der Waals surface area contributed by atoms with E-state index in [1.54, 1.807) is 12.4 Å². The summed E-state index contributed by atoms with van der Waals surface area (Å²) < 4.78 is 29.6. The van der Waals surface area contributed by atoms with Crippen LogP contribution in [0.5, 0.6) is 0 Å². The third kappa shape index (κ3) is 3.77. The van der Waals surface area contributed by atoms with Crippen LogP contribution in [0, 0.1) is 6.92 Å². The van der Waals surface area contributed by atoms with Crippen molar-refractivity contribution in [3.05, 3.63) is 58.7 Å². The zero-order chi connectivity index (χ0) is 20.4. The molecular formula is C18H21F2N7O. The van der Waals surface area contributed by atoms with Crippen molar-refractivity contribution < 1.29 is 8.78 Å². The number of aryl methyl sites for hydroxylation is 1. The lowest BCUT2D eigenvalue weighted by molar-refractivity contribution is 0.400. The molecule has 0 aliphatic rings. The molecule has 0 unspecified atom stereocenters. The van der Waals surface area contributed by atoms with Gasteiger partial charge in [-0.2, -0.15) is 19.0 Å². The van der Waals surface area contributed by atoms with Crippen LogP contribution in [0.1, 0.15) is 25.5 Å². The van der Waals surface area contributed by atoms with Crippen molar-refractivity contribution in [2.45, 2.75) is 33.4 Å². The Morgan fingerprint density at radius 2 is 1.96 bits per heavy atom. The lowest BCUT2D eigenvalue weighted by atomic mass is 10.1. The number of aromatic nitrogens is 6. The zero-order valence-electron chi connectivity index (χ0n) is 15.8. The van der Waals surface area contributed by atoms with E-state index in [9.17, 15) is 13.6 Å². The minimum absolute atomic E-state index is 0.244. The predicted molar refractivity (Wildman–Crippen MR) is 100 cm³/mol. The highest BCUT2D eigenvalue weighted by atomic mass is 19.3. The maximum atomic E-state index is 12.8. The Hall–Kier alpha value is -3.14. The number of nitrogens with zero attached hydrogens (tertiary/aromatic N) is 6. The van der Waals surface area contributed by atoms with E-state index in [0.717, 1.165) is 21.4 Å². The zero-order valence-corrected chi connectivity index (χ0v) is 15.8. The van der Waals surface area contributed by atoms with E-state index in [1.165, 1.54) is 10.9 Å². The van der Waals surface area contributed by atoms with Gasteiger partial charge in [0.15, 0.2) is 0 Å². The highest BCUT2D eigenvalue weighted by molar-refractivity contribution is 5.62. The summed E-state index contributed by atoms with van der Waals surface area (Å²) in [6, 6.07) is 2.13. The number of pyridine rings is 1. The molecule has 0 amide bonds. The van der Waals surface area contributed by atoms with E-state index >= 15 is 0 Å². The normalized spacial score (nSPS) is 11.2. The average molecular weight is 389 g/mol. The van der Waals surface area contributed by atoms with Gasteiger partial charge in [0.2, 0.25) is 0 Å². The molecular weight excluding hydrogens is 368 g/mol. The molecule has 3 aromatic rings. The van der Waals surface area contributed by atoms with Gasteiger partial charge < -0.3 is 5.73 Å². The molecule has 0 spiro atoms. The minimum atomic E-state index is -1.90. The maximum absolute atomic E-state index is 12.8.